The second-order valence-electron chi connectivity index (χ2n) is 5.34. The van der Waals surface area contributed by atoms with Gasteiger partial charge in [0.25, 0.3) is 0 Å². The quantitative estimate of drug-likeness (QED) is 0.845. The first-order valence-electron chi connectivity index (χ1n) is 7.58. The Morgan fingerprint density at radius 3 is 2.55 bits per heavy atom. The molecule has 0 radical (unpaired) electrons. The standard InChI is InChI=1S/C17H22FN3O/c1-4-22-16-11-15(20-17(21-16)12(2)3)19-10-9-13-5-7-14(18)8-6-13/h5-8,11-12H,4,9-10H2,1-3H3,(H,19,20,21). The van der Waals surface area contributed by atoms with Gasteiger partial charge in [-0.25, -0.2) is 9.37 Å². The lowest BCUT2D eigenvalue weighted by atomic mass is 10.1. The molecule has 0 spiro atoms. The first kappa shape index (κ1) is 16.2. The van der Waals surface area contributed by atoms with E-state index >= 15 is 0 Å². The van der Waals surface area contributed by atoms with Crippen LogP contribution in [0.3, 0.4) is 0 Å². The van der Waals surface area contributed by atoms with Crippen molar-refractivity contribution in [2.45, 2.75) is 33.1 Å². The zero-order valence-corrected chi connectivity index (χ0v) is 13.3. The molecular formula is C17H22FN3O. The maximum atomic E-state index is 12.9. The average molecular weight is 303 g/mol. The predicted molar refractivity (Wildman–Crippen MR) is 85.9 cm³/mol. The third-order valence-corrected chi connectivity index (χ3v) is 3.16. The molecule has 0 saturated carbocycles. The normalized spacial score (nSPS) is 10.8. The summed E-state index contributed by atoms with van der Waals surface area (Å²) in [5, 5.41) is 3.28. The number of aromatic nitrogens is 2. The minimum absolute atomic E-state index is 0.213. The van der Waals surface area contributed by atoms with Gasteiger partial charge in [-0.05, 0) is 31.0 Å². The van der Waals surface area contributed by atoms with Crippen LogP contribution >= 0.6 is 0 Å². The van der Waals surface area contributed by atoms with E-state index in [-0.39, 0.29) is 11.7 Å². The molecule has 118 valence electrons. The largest absolute Gasteiger partial charge is 0.478 e. The van der Waals surface area contributed by atoms with Crippen LogP contribution in [0.4, 0.5) is 10.2 Å². The van der Waals surface area contributed by atoms with Gasteiger partial charge < -0.3 is 10.1 Å². The number of ether oxygens (including phenoxy) is 1. The molecule has 0 fully saturated rings. The fourth-order valence-electron chi connectivity index (χ4n) is 2.00. The van der Waals surface area contributed by atoms with Crippen LogP contribution in [0, 0.1) is 5.82 Å². The summed E-state index contributed by atoms with van der Waals surface area (Å²) in [7, 11) is 0. The van der Waals surface area contributed by atoms with Crippen LogP contribution in [0.5, 0.6) is 5.88 Å². The van der Waals surface area contributed by atoms with E-state index < -0.39 is 0 Å². The second kappa shape index (κ2) is 7.73. The molecule has 1 aromatic heterocycles. The molecule has 1 heterocycles. The smallest absolute Gasteiger partial charge is 0.218 e. The Hall–Kier alpha value is -2.17. The molecule has 22 heavy (non-hydrogen) atoms. The number of hydrogen-bond donors (Lipinski definition) is 1. The van der Waals surface area contributed by atoms with Gasteiger partial charge in [0.15, 0.2) is 0 Å². The molecule has 0 aliphatic rings. The molecule has 0 amide bonds. The molecule has 4 nitrogen and oxygen atoms in total. The van der Waals surface area contributed by atoms with Crippen molar-refractivity contribution < 1.29 is 9.13 Å². The SMILES string of the molecule is CCOc1cc(NCCc2ccc(F)cc2)nc(C(C)C)n1. The van der Waals surface area contributed by atoms with Crippen molar-refractivity contribution in [2.24, 2.45) is 0 Å². The van der Waals surface area contributed by atoms with Crippen molar-refractivity contribution >= 4 is 5.82 Å². The van der Waals surface area contributed by atoms with Crippen LogP contribution in [-0.4, -0.2) is 23.1 Å². The average Bonchev–Trinajstić information content (AvgIpc) is 2.49. The molecule has 0 atom stereocenters. The fraction of sp³-hybridized carbons (Fsp3) is 0.412. The van der Waals surface area contributed by atoms with Gasteiger partial charge in [-0.3, -0.25) is 0 Å². The lowest BCUT2D eigenvalue weighted by Gasteiger charge is -2.11. The summed E-state index contributed by atoms with van der Waals surface area (Å²) in [4.78, 5) is 8.88. The van der Waals surface area contributed by atoms with E-state index in [4.69, 9.17) is 4.74 Å². The lowest BCUT2D eigenvalue weighted by molar-refractivity contribution is 0.324. The Morgan fingerprint density at radius 1 is 1.18 bits per heavy atom. The van der Waals surface area contributed by atoms with E-state index in [2.05, 4.69) is 15.3 Å². The Bertz CT molecular complexity index is 599. The summed E-state index contributed by atoms with van der Waals surface area (Å²) < 4.78 is 18.3. The maximum absolute atomic E-state index is 12.9. The van der Waals surface area contributed by atoms with Crippen molar-refractivity contribution in [1.29, 1.82) is 0 Å². The highest BCUT2D eigenvalue weighted by Crippen LogP contribution is 2.18. The number of nitrogens with zero attached hydrogens (tertiary/aromatic N) is 2. The highest BCUT2D eigenvalue weighted by atomic mass is 19.1. The molecule has 2 rings (SSSR count). The Balaban J connectivity index is 2.00. The van der Waals surface area contributed by atoms with Gasteiger partial charge in [0.1, 0.15) is 17.5 Å². The summed E-state index contributed by atoms with van der Waals surface area (Å²) in [5.41, 5.74) is 1.08. The van der Waals surface area contributed by atoms with Crippen LogP contribution < -0.4 is 10.1 Å². The molecular weight excluding hydrogens is 281 g/mol. The van der Waals surface area contributed by atoms with Gasteiger partial charge >= 0.3 is 0 Å². The first-order valence-corrected chi connectivity index (χ1v) is 7.58. The summed E-state index contributed by atoms with van der Waals surface area (Å²) >= 11 is 0. The molecule has 1 aromatic carbocycles. The molecule has 0 bridgehead atoms. The molecule has 0 aliphatic carbocycles. The van der Waals surface area contributed by atoms with Crippen LogP contribution in [0.15, 0.2) is 30.3 Å². The lowest BCUT2D eigenvalue weighted by Crippen LogP contribution is -2.10. The van der Waals surface area contributed by atoms with Crippen molar-refractivity contribution in [1.82, 2.24) is 9.97 Å². The van der Waals surface area contributed by atoms with E-state index in [0.717, 1.165) is 23.6 Å². The van der Waals surface area contributed by atoms with Crippen molar-refractivity contribution in [3.8, 4) is 5.88 Å². The maximum Gasteiger partial charge on any atom is 0.218 e. The molecule has 0 aliphatic heterocycles. The number of rotatable bonds is 7. The third-order valence-electron chi connectivity index (χ3n) is 3.16. The van der Waals surface area contributed by atoms with Gasteiger partial charge in [-0.15, -0.1) is 0 Å². The highest BCUT2D eigenvalue weighted by Gasteiger charge is 2.08. The fourth-order valence-corrected chi connectivity index (χ4v) is 2.00. The van der Waals surface area contributed by atoms with Crippen molar-refractivity contribution in [2.75, 3.05) is 18.5 Å². The molecule has 0 unspecified atom stereocenters. The monoisotopic (exact) mass is 303 g/mol. The number of halogens is 1. The summed E-state index contributed by atoms with van der Waals surface area (Å²) in [6, 6.07) is 8.35. The van der Waals surface area contributed by atoms with E-state index in [1.54, 1.807) is 18.2 Å². The number of anilines is 1. The summed E-state index contributed by atoms with van der Waals surface area (Å²) in [6.45, 7) is 7.31. The molecule has 0 saturated heterocycles. The summed E-state index contributed by atoms with van der Waals surface area (Å²) in [6.07, 6.45) is 0.797. The third kappa shape index (κ3) is 4.69. The van der Waals surface area contributed by atoms with E-state index in [1.807, 2.05) is 20.8 Å². The first-order chi connectivity index (χ1) is 10.6. The van der Waals surface area contributed by atoms with E-state index in [0.29, 0.717) is 19.0 Å². The van der Waals surface area contributed by atoms with Crippen molar-refractivity contribution in [3.63, 3.8) is 0 Å². The van der Waals surface area contributed by atoms with Crippen LogP contribution in [0.2, 0.25) is 0 Å². The van der Waals surface area contributed by atoms with E-state index in [1.165, 1.54) is 12.1 Å². The number of benzene rings is 1. The highest BCUT2D eigenvalue weighted by molar-refractivity contribution is 5.39. The van der Waals surface area contributed by atoms with Gasteiger partial charge in [0, 0.05) is 18.5 Å². The second-order valence-corrected chi connectivity index (χ2v) is 5.34. The van der Waals surface area contributed by atoms with Gasteiger partial charge in [-0.2, -0.15) is 4.98 Å². The van der Waals surface area contributed by atoms with Crippen LogP contribution in [-0.2, 0) is 6.42 Å². The van der Waals surface area contributed by atoms with Gasteiger partial charge in [0.05, 0.1) is 6.61 Å². The van der Waals surface area contributed by atoms with Gasteiger partial charge in [0.2, 0.25) is 5.88 Å². The topological polar surface area (TPSA) is 47.0 Å². The molecule has 1 N–H and O–H groups in total. The number of nitrogens with one attached hydrogen (secondary N) is 1. The van der Waals surface area contributed by atoms with Crippen LogP contribution in [0.1, 0.15) is 38.1 Å². The minimum atomic E-state index is -0.213. The molecule has 5 heteroatoms. The Kier molecular flexibility index (Phi) is 5.69. The predicted octanol–water partition coefficient (Wildman–Crippen LogP) is 3.79. The minimum Gasteiger partial charge on any atom is -0.478 e. The van der Waals surface area contributed by atoms with Gasteiger partial charge in [-0.1, -0.05) is 26.0 Å². The Labute approximate surface area is 130 Å². The Morgan fingerprint density at radius 2 is 1.91 bits per heavy atom. The molecule has 2 aromatic rings. The summed E-state index contributed by atoms with van der Waals surface area (Å²) in [5.74, 6) is 2.12. The van der Waals surface area contributed by atoms with E-state index in [9.17, 15) is 4.39 Å². The zero-order valence-electron chi connectivity index (χ0n) is 13.3. The zero-order chi connectivity index (χ0) is 15.9. The van der Waals surface area contributed by atoms with Crippen molar-refractivity contribution in [3.05, 3.63) is 47.5 Å². The number of hydrogen-bond acceptors (Lipinski definition) is 4. The van der Waals surface area contributed by atoms with Crippen LogP contribution in [0.25, 0.3) is 0 Å².